The summed E-state index contributed by atoms with van der Waals surface area (Å²) < 4.78 is 14.2. The Morgan fingerprint density at radius 3 is 2.70 bits per heavy atom. The summed E-state index contributed by atoms with van der Waals surface area (Å²) >= 11 is 1.72. The summed E-state index contributed by atoms with van der Waals surface area (Å²) in [6.07, 6.45) is 1.65. The number of hydrogen-bond donors (Lipinski definition) is 1. The molecule has 1 aliphatic rings. The van der Waals surface area contributed by atoms with E-state index in [-0.39, 0.29) is 17.6 Å². The Morgan fingerprint density at radius 2 is 1.96 bits per heavy atom. The first kappa shape index (κ1) is 17.9. The molecular weight excluding hydrogens is 361 g/mol. The van der Waals surface area contributed by atoms with Crippen molar-refractivity contribution >= 4 is 32.6 Å². The van der Waals surface area contributed by atoms with Crippen molar-refractivity contribution < 1.29 is 9.18 Å². The molecule has 0 bridgehead atoms. The van der Waals surface area contributed by atoms with E-state index in [1.807, 2.05) is 0 Å². The van der Waals surface area contributed by atoms with Gasteiger partial charge in [0.15, 0.2) is 5.13 Å². The van der Waals surface area contributed by atoms with Gasteiger partial charge in [-0.05, 0) is 55.2 Å². The third kappa shape index (κ3) is 4.11. The normalized spacial score (nSPS) is 15.3. The van der Waals surface area contributed by atoms with Crippen LogP contribution in [0.5, 0.6) is 0 Å². The van der Waals surface area contributed by atoms with E-state index >= 15 is 0 Å². The fourth-order valence-corrected chi connectivity index (χ4v) is 4.54. The van der Waals surface area contributed by atoms with Crippen molar-refractivity contribution in [2.24, 2.45) is 5.92 Å². The number of fused-ring (bicyclic) bond motifs is 1. The molecule has 1 N–H and O–H groups in total. The Morgan fingerprint density at radius 1 is 1.22 bits per heavy atom. The van der Waals surface area contributed by atoms with Gasteiger partial charge >= 0.3 is 0 Å². The first-order chi connectivity index (χ1) is 13.1. The first-order valence-electron chi connectivity index (χ1n) is 9.23. The number of thiazole rings is 1. The zero-order valence-corrected chi connectivity index (χ0v) is 16.1. The molecule has 0 radical (unpaired) electrons. The molecule has 1 aliphatic heterocycles. The van der Waals surface area contributed by atoms with Crippen molar-refractivity contribution in [1.82, 2.24) is 10.3 Å². The number of rotatable bonds is 4. The van der Waals surface area contributed by atoms with E-state index in [0.717, 1.165) is 42.1 Å². The lowest BCUT2D eigenvalue weighted by Crippen LogP contribution is -2.40. The lowest BCUT2D eigenvalue weighted by molar-refractivity contribution is -0.125. The van der Waals surface area contributed by atoms with Gasteiger partial charge in [0.2, 0.25) is 5.91 Å². The zero-order chi connectivity index (χ0) is 18.8. The molecule has 2 aromatic carbocycles. The number of aromatic nitrogens is 1. The molecule has 6 heteroatoms. The number of aryl methyl sites for hydroxylation is 1. The van der Waals surface area contributed by atoms with E-state index < -0.39 is 0 Å². The number of nitrogens with zero attached hydrogens (tertiary/aromatic N) is 2. The van der Waals surface area contributed by atoms with Crippen molar-refractivity contribution in [1.29, 1.82) is 0 Å². The number of carbonyl (C=O) groups is 1. The van der Waals surface area contributed by atoms with Crippen molar-refractivity contribution in [3.63, 3.8) is 0 Å². The van der Waals surface area contributed by atoms with Crippen molar-refractivity contribution in [3.8, 4) is 0 Å². The highest BCUT2D eigenvalue weighted by molar-refractivity contribution is 7.22. The summed E-state index contributed by atoms with van der Waals surface area (Å²) in [6, 6.07) is 12.6. The van der Waals surface area contributed by atoms with Crippen LogP contribution in [0.4, 0.5) is 9.52 Å². The van der Waals surface area contributed by atoms with Crippen LogP contribution in [0.2, 0.25) is 0 Å². The molecule has 2 heterocycles. The molecular formula is C21H22FN3OS. The Kier molecular flexibility index (Phi) is 5.07. The van der Waals surface area contributed by atoms with Gasteiger partial charge in [0.25, 0.3) is 0 Å². The summed E-state index contributed by atoms with van der Waals surface area (Å²) in [4.78, 5) is 19.5. The minimum atomic E-state index is -0.262. The zero-order valence-electron chi connectivity index (χ0n) is 15.2. The molecule has 0 saturated carbocycles. The summed E-state index contributed by atoms with van der Waals surface area (Å²) in [5, 5.41) is 4.02. The number of benzene rings is 2. The summed E-state index contributed by atoms with van der Waals surface area (Å²) in [5.74, 6) is -0.153. The van der Waals surface area contributed by atoms with Crippen LogP contribution in [0.15, 0.2) is 42.5 Å². The first-order valence-corrected chi connectivity index (χ1v) is 10.0. The molecule has 0 atom stereocenters. The highest BCUT2D eigenvalue weighted by Crippen LogP contribution is 2.32. The Balaban J connectivity index is 1.32. The minimum absolute atomic E-state index is 0.0262. The van der Waals surface area contributed by atoms with E-state index in [1.165, 1.54) is 22.4 Å². The van der Waals surface area contributed by atoms with Gasteiger partial charge in [-0.15, -0.1) is 0 Å². The quantitative estimate of drug-likeness (QED) is 0.732. The van der Waals surface area contributed by atoms with E-state index in [2.05, 4.69) is 35.3 Å². The van der Waals surface area contributed by atoms with Crippen LogP contribution in [0.25, 0.3) is 10.2 Å². The Bertz CT molecular complexity index is 946. The van der Waals surface area contributed by atoms with Crippen LogP contribution in [0.3, 0.4) is 0 Å². The average molecular weight is 383 g/mol. The largest absolute Gasteiger partial charge is 0.352 e. The number of hydrogen-bond acceptors (Lipinski definition) is 4. The second-order valence-electron chi connectivity index (χ2n) is 7.07. The van der Waals surface area contributed by atoms with E-state index in [0.29, 0.717) is 6.54 Å². The highest BCUT2D eigenvalue weighted by atomic mass is 32.1. The molecule has 27 heavy (non-hydrogen) atoms. The number of anilines is 1. The fourth-order valence-electron chi connectivity index (χ4n) is 3.42. The highest BCUT2D eigenvalue weighted by Gasteiger charge is 2.26. The second-order valence-corrected chi connectivity index (χ2v) is 8.08. The number of piperidine rings is 1. The number of amides is 1. The van der Waals surface area contributed by atoms with Crippen LogP contribution in [0.1, 0.15) is 24.0 Å². The molecule has 0 spiro atoms. The predicted octanol–water partition coefficient (Wildman–Crippen LogP) is 4.28. The molecule has 1 amide bonds. The molecule has 140 valence electrons. The van der Waals surface area contributed by atoms with Crippen molar-refractivity contribution in [2.45, 2.75) is 26.3 Å². The maximum absolute atomic E-state index is 12.9. The lowest BCUT2D eigenvalue weighted by Gasteiger charge is -2.31. The van der Waals surface area contributed by atoms with Crippen molar-refractivity contribution in [2.75, 3.05) is 18.0 Å². The monoisotopic (exact) mass is 383 g/mol. The van der Waals surface area contributed by atoms with Crippen LogP contribution in [-0.2, 0) is 11.3 Å². The van der Waals surface area contributed by atoms with Gasteiger partial charge in [0.05, 0.1) is 10.2 Å². The van der Waals surface area contributed by atoms with E-state index in [9.17, 15) is 9.18 Å². The van der Waals surface area contributed by atoms with Gasteiger partial charge in [0, 0.05) is 25.6 Å². The number of carbonyl (C=O) groups excluding carboxylic acids is 1. The average Bonchev–Trinajstić information content (AvgIpc) is 3.10. The Hall–Kier alpha value is -2.47. The van der Waals surface area contributed by atoms with Gasteiger partial charge in [-0.25, -0.2) is 9.37 Å². The van der Waals surface area contributed by atoms with Gasteiger partial charge in [-0.3, -0.25) is 4.79 Å². The maximum atomic E-state index is 12.9. The standard InChI is InChI=1S/C21H22FN3OS/c1-14-2-7-18-19(12-14)27-21(24-18)25-10-8-16(9-11-25)20(26)23-13-15-3-5-17(22)6-4-15/h2-7,12,16H,8-11,13H2,1H3,(H,23,26). The van der Waals surface area contributed by atoms with E-state index in [1.54, 1.807) is 23.5 Å². The van der Waals surface area contributed by atoms with Crippen LogP contribution in [0, 0.1) is 18.7 Å². The number of nitrogens with one attached hydrogen (secondary N) is 1. The van der Waals surface area contributed by atoms with Crippen LogP contribution in [-0.4, -0.2) is 24.0 Å². The summed E-state index contributed by atoms with van der Waals surface area (Å²) in [5.41, 5.74) is 3.20. The lowest BCUT2D eigenvalue weighted by atomic mass is 9.96. The minimum Gasteiger partial charge on any atom is -0.352 e. The smallest absolute Gasteiger partial charge is 0.223 e. The molecule has 0 aliphatic carbocycles. The molecule has 1 fully saturated rings. The predicted molar refractivity (Wildman–Crippen MR) is 108 cm³/mol. The SMILES string of the molecule is Cc1ccc2nc(N3CCC(C(=O)NCc4ccc(F)cc4)CC3)sc2c1. The number of halogens is 1. The summed E-state index contributed by atoms with van der Waals surface area (Å²) in [7, 11) is 0. The summed E-state index contributed by atoms with van der Waals surface area (Å²) in [6.45, 7) is 4.21. The van der Waals surface area contributed by atoms with Gasteiger partial charge in [-0.2, -0.15) is 0 Å². The molecule has 0 unspecified atom stereocenters. The van der Waals surface area contributed by atoms with Gasteiger partial charge in [-0.1, -0.05) is 29.5 Å². The Labute approximate surface area is 162 Å². The molecule has 4 nitrogen and oxygen atoms in total. The van der Waals surface area contributed by atoms with E-state index in [4.69, 9.17) is 4.98 Å². The fraction of sp³-hybridized carbons (Fsp3) is 0.333. The third-order valence-corrected chi connectivity index (χ3v) is 6.13. The molecule has 1 aromatic heterocycles. The molecule has 1 saturated heterocycles. The second kappa shape index (κ2) is 7.64. The third-order valence-electron chi connectivity index (χ3n) is 5.05. The van der Waals surface area contributed by atoms with Gasteiger partial charge < -0.3 is 10.2 Å². The maximum Gasteiger partial charge on any atom is 0.223 e. The van der Waals surface area contributed by atoms with Crippen LogP contribution >= 0.6 is 11.3 Å². The van der Waals surface area contributed by atoms with Crippen LogP contribution < -0.4 is 10.2 Å². The topological polar surface area (TPSA) is 45.2 Å². The molecule has 4 rings (SSSR count). The molecule has 3 aromatic rings. The van der Waals surface area contributed by atoms with Gasteiger partial charge in [0.1, 0.15) is 5.82 Å². The van der Waals surface area contributed by atoms with Crippen molar-refractivity contribution in [3.05, 3.63) is 59.4 Å².